The maximum Gasteiger partial charge on any atom is 0.256 e. The van der Waals surface area contributed by atoms with Crippen LogP contribution in [0, 0.1) is 0 Å². The van der Waals surface area contributed by atoms with E-state index < -0.39 is 0 Å². The molecule has 0 radical (unpaired) electrons. The average Bonchev–Trinajstić information content (AvgIpc) is 3.65. The maximum atomic E-state index is 13.7. The third-order valence-corrected chi connectivity index (χ3v) is 9.04. The van der Waals surface area contributed by atoms with Gasteiger partial charge in [-0.15, -0.1) is 0 Å². The Hall–Kier alpha value is -3.88. The van der Waals surface area contributed by atoms with E-state index in [4.69, 9.17) is 4.74 Å². The van der Waals surface area contributed by atoms with E-state index in [0.717, 1.165) is 67.7 Å². The first kappa shape index (κ1) is 26.0. The summed E-state index contributed by atoms with van der Waals surface area (Å²) in [5, 5.41) is 9.21. The van der Waals surface area contributed by atoms with E-state index in [1.54, 1.807) is 6.20 Å². The Morgan fingerprint density at radius 2 is 1.80 bits per heavy atom. The number of carbonyl (C=O) groups is 1. The van der Waals surface area contributed by atoms with Crippen molar-refractivity contribution < 1.29 is 9.53 Å². The van der Waals surface area contributed by atoms with Gasteiger partial charge in [0.1, 0.15) is 11.1 Å². The molecule has 8 nitrogen and oxygen atoms in total. The number of ether oxygens (including phenoxy) is 1. The molecule has 2 N–H and O–H groups in total. The van der Waals surface area contributed by atoms with Crippen molar-refractivity contribution in [3.05, 3.63) is 70.5 Å². The third-order valence-electron chi connectivity index (χ3n) is 9.04. The average molecular weight is 552 g/mol. The Morgan fingerprint density at radius 1 is 1.00 bits per heavy atom. The summed E-state index contributed by atoms with van der Waals surface area (Å²) in [4.78, 5) is 32.0. The molecule has 0 saturated carbocycles. The number of carbonyl (C=O) groups excluding carboxylic acids is 1. The van der Waals surface area contributed by atoms with E-state index in [1.807, 2.05) is 34.9 Å². The summed E-state index contributed by atoms with van der Waals surface area (Å²) < 4.78 is 8.53. The summed E-state index contributed by atoms with van der Waals surface area (Å²) in [6.07, 6.45) is 7.44. The zero-order valence-electron chi connectivity index (χ0n) is 23.6. The van der Waals surface area contributed by atoms with E-state index in [-0.39, 0.29) is 16.9 Å². The number of benzene rings is 3. The van der Waals surface area contributed by atoms with Crippen molar-refractivity contribution in [2.24, 2.45) is 0 Å². The van der Waals surface area contributed by atoms with E-state index >= 15 is 0 Å². The number of amides is 1. The first-order valence-electron chi connectivity index (χ1n) is 14.9. The molecule has 41 heavy (non-hydrogen) atoms. The lowest BCUT2D eigenvalue weighted by atomic mass is 10.0. The van der Waals surface area contributed by atoms with E-state index in [0.29, 0.717) is 35.0 Å². The lowest BCUT2D eigenvalue weighted by molar-refractivity contribution is 0.0949. The minimum Gasteiger partial charge on any atom is -0.451 e. The molecule has 2 fully saturated rings. The van der Waals surface area contributed by atoms with Crippen LogP contribution in [0.2, 0.25) is 0 Å². The van der Waals surface area contributed by atoms with Gasteiger partial charge in [-0.05, 0) is 93.8 Å². The molecule has 1 amide bonds. The molecule has 2 saturated heterocycles. The predicted octanol–water partition coefficient (Wildman–Crippen LogP) is 4.97. The normalized spacial score (nSPS) is 18.5. The van der Waals surface area contributed by atoms with Gasteiger partial charge in [-0.3, -0.25) is 9.59 Å². The second-order valence-corrected chi connectivity index (χ2v) is 11.6. The smallest absolute Gasteiger partial charge is 0.256 e. The highest BCUT2D eigenvalue weighted by molar-refractivity contribution is 6.01. The fourth-order valence-electron chi connectivity index (χ4n) is 6.72. The molecule has 7 rings (SSSR count). The van der Waals surface area contributed by atoms with E-state index in [2.05, 4.69) is 45.7 Å². The molecule has 1 atom stereocenters. The number of pyridine rings is 1. The number of hydrogen-bond acceptors (Lipinski definition) is 6. The van der Waals surface area contributed by atoms with Crippen molar-refractivity contribution in [2.45, 2.75) is 38.1 Å². The van der Waals surface area contributed by atoms with Crippen molar-refractivity contribution in [3.8, 4) is 17.2 Å². The number of rotatable bonds is 8. The number of nitrogens with zero attached hydrogens (tertiary/aromatic N) is 3. The zero-order valence-corrected chi connectivity index (χ0v) is 23.6. The minimum absolute atomic E-state index is 0.152. The van der Waals surface area contributed by atoms with Crippen LogP contribution in [0.4, 0.5) is 5.69 Å². The first-order chi connectivity index (χ1) is 20.1. The highest BCUT2D eigenvalue weighted by Gasteiger charge is 2.27. The topological polar surface area (TPSA) is 78.8 Å². The van der Waals surface area contributed by atoms with Crippen LogP contribution in [-0.4, -0.2) is 72.6 Å². The monoisotopic (exact) mass is 551 g/mol. The lowest BCUT2D eigenvalue weighted by Gasteiger charge is -2.26. The van der Waals surface area contributed by atoms with Crippen LogP contribution >= 0.6 is 0 Å². The summed E-state index contributed by atoms with van der Waals surface area (Å²) in [5.74, 6) is 0.995. The Bertz CT molecular complexity index is 1690. The van der Waals surface area contributed by atoms with Crippen LogP contribution in [0.3, 0.4) is 0 Å². The predicted molar refractivity (Wildman–Crippen MR) is 164 cm³/mol. The number of nitrogens with one attached hydrogen (secondary N) is 2. The Morgan fingerprint density at radius 3 is 2.59 bits per heavy atom. The second-order valence-electron chi connectivity index (χ2n) is 11.6. The summed E-state index contributed by atoms with van der Waals surface area (Å²) in [6, 6.07) is 16.5. The van der Waals surface area contributed by atoms with E-state index in [1.165, 1.54) is 19.3 Å². The van der Waals surface area contributed by atoms with Gasteiger partial charge in [0.2, 0.25) is 5.43 Å². The van der Waals surface area contributed by atoms with Gasteiger partial charge < -0.3 is 29.7 Å². The van der Waals surface area contributed by atoms with Gasteiger partial charge in [-0.1, -0.05) is 24.3 Å². The largest absolute Gasteiger partial charge is 0.451 e. The highest BCUT2D eigenvalue weighted by atomic mass is 16.5. The SMILES string of the molecule is CN1CCCC1CCNC(=O)c1cn2c3c(c(NCCN4CCCC4)ccc3c1=O)Oc1cc3ccccc3cc1-2. The van der Waals surface area contributed by atoms with Gasteiger partial charge in [-0.2, -0.15) is 0 Å². The van der Waals surface area contributed by atoms with Crippen LogP contribution in [-0.2, 0) is 0 Å². The number of aromatic nitrogens is 1. The molecule has 3 aliphatic rings. The van der Waals surface area contributed by atoms with Crippen molar-refractivity contribution >= 4 is 33.3 Å². The van der Waals surface area contributed by atoms with Crippen LogP contribution in [0.1, 0.15) is 42.5 Å². The fourth-order valence-corrected chi connectivity index (χ4v) is 6.72. The van der Waals surface area contributed by atoms with Gasteiger partial charge in [0, 0.05) is 31.9 Å². The van der Waals surface area contributed by atoms with Crippen molar-refractivity contribution in [3.63, 3.8) is 0 Å². The number of likely N-dealkylation sites (tertiary alicyclic amines) is 2. The third kappa shape index (κ3) is 4.85. The van der Waals surface area contributed by atoms with Crippen molar-refractivity contribution in [1.82, 2.24) is 19.7 Å². The molecular weight excluding hydrogens is 514 g/mol. The molecular formula is C33H37N5O3. The Kier molecular flexibility index (Phi) is 6.88. The molecule has 8 heteroatoms. The molecule has 0 bridgehead atoms. The van der Waals surface area contributed by atoms with Gasteiger partial charge in [0.15, 0.2) is 11.5 Å². The highest BCUT2D eigenvalue weighted by Crippen LogP contribution is 2.45. The van der Waals surface area contributed by atoms with Crippen LogP contribution in [0.5, 0.6) is 11.5 Å². The summed E-state index contributed by atoms with van der Waals surface area (Å²) >= 11 is 0. The van der Waals surface area contributed by atoms with Gasteiger partial charge in [-0.25, -0.2) is 0 Å². The van der Waals surface area contributed by atoms with Crippen LogP contribution < -0.4 is 20.8 Å². The Balaban J connectivity index is 1.27. The molecule has 3 aromatic carbocycles. The van der Waals surface area contributed by atoms with Crippen LogP contribution in [0.25, 0.3) is 27.4 Å². The fraction of sp³-hybridized carbons (Fsp3) is 0.394. The summed E-state index contributed by atoms with van der Waals surface area (Å²) in [7, 11) is 2.14. The molecule has 0 spiro atoms. The molecule has 4 aromatic rings. The molecule has 212 valence electrons. The van der Waals surface area contributed by atoms with Crippen molar-refractivity contribution in [1.29, 1.82) is 0 Å². The van der Waals surface area contributed by atoms with Gasteiger partial charge in [0.25, 0.3) is 5.91 Å². The number of hydrogen-bond donors (Lipinski definition) is 2. The first-order valence-corrected chi connectivity index (χ1v) is 14.9. The zero-order chi connectivity index (χ0) is 27.9. The molecule has 1 aromatic heterocycles. The summed E-state index contributed by atoms with van der Waals surface area (Å²) in [6.45, 7) is 5.67. The summed E-state index contributed by atoms with van der Waals surface area (Å²) in [5.41, 5.74) is 2.23. The molecule has 3 aliphatic heterocycles. The quantitative estimate of drug-likeness (QED) is 0.284. The van der Waals surface area contributed by atoms with Gasteiger partial charge in [0.05, 0.1) is 16.8 Å². The van der Waals surface area contributed by atoms with E-state index in [9.17, 15) is 9.59 Å². The molecule has 4 heterocycles. The number of anilines is 1. The number of fused-ring (bicyclic) bond motifs is 3. The standard InChI is InChI=1S/C33H37N5O3/c1-36-15-6-9-24(36)12-13-35-33(40)26-21-38-28-19-22-7-2-3-8-23(22)20-29(28)41-32-27(11-10-25(30(32)38)31(26)39)34-14-18-37-16-4-5-17-37/h2-3,7-8,10-11,19-21,24,34H,4-6,9,12-18H2,1H3,(H,35,40). The minimum atomic E-state index is -0.329. The molecule has 1 unspecified atom stereocenters. The molecule has 0 aliphatic carbocycles. The van der Waals surface area contributed by atoms with Crippen molar-refractivity contribution in [2.75, 3.05) is 51.6 Å². The lowest BCUT2D eigenvalue weighted by Crippen LogP contribution is -2.34. The second kappa shape index (κ2) is 10.8. The van der Waals surface area contributed by atoms with Crippen LogP contribution in [0.15, 0.2) is 59.5 Å². The Labute approximate surface area is 239 Å². The van der Waals surface area contributed by atoms with Gasteiger partial charge >= 0.3 is 0 Å². The maximum absolute atomic E-state index is 13.7.